The van der Waals surface area contributed by atoms with E-state index in [9.17, 15) is 4.79 Å². The number of carbonyl (C=O) groups is 1. The minimum Gasteiger partial charge on any atom is -0.497 e. The monoisotopic (exact) mass is 298 g/mol. The molecule has 1 saturated heterocycles. The van der Waals surface area contributed by atoms with Crippen LogP contribution in [0, 0.1) is 0 Å². The Labute approximate surface area is 123 Å². The fourth-order valence-electron chi connectivity index (χ4n) is 2.13. The molecule has 110 valence electrons. The van der Waals surface area contributed by atoms with Crippen LogP contribution in [-0.4, -0.2) is 43.3 Å². The van der Waals surface area contributed by atoms with Gasteiger partial charge in [0.05, 0.1) is 36.6 Å². The van der Waals surface area contributed by atoms with Crippen LogP contribution in [0.5, 0.6) is 5.75 Å². The number of hydrogen-bond donors (Lipinski definition) is 1. The van der Waals surface area contributed by atoms with Crippen molar-refractivity contribution in [1.29, 1.82) is 0 Å². The van der Waals surface area contributed by atoms with Gasteiger partial charge in [0.15, 0.2) is 0 Å². The van der Waals surface area contributed by atoms with E-state index in [4.69, 9.17) is 21.1 Å². The van der Waals surface area contributed by atoms with E-state index < -0.39 is 0 Å². The largest absolute Gasteiger partial charge is 0.497 e. The van der Waals surface area contributed by atoms with Gasteiger partial charge < -0.3 is 19.7 Å². The molecule has 0 aromatic heterocycles. The van der Waals surface area contributed by atoms with Gasteiger partial charge in [-0.3, -0.25) is 0 Å². The van der Waals surface area contributed by atoms with Crippen molar-refractivity contribution in [3.05, 3.63) is 23.2 Å². The number of carbonyl (C=O) groups excluding carboxylic acids is 1. The van der Waals surface area contributed by atoms with Gasteiger partial charge in [-0.05, 0) is 26.0 Å². The molecule has 0 saturated carbocycles. The number of hydrogen-bond acceptors (Lipinski definition) is 3. The second-order valence-electron chi connectivity index (χ2n) is 4.79. The highest BCUT2D eigenvalue weighted by atomic mass is 35.5. The van der Waals surface area contributed by atoms with Gasteiger partial charge >= 0.3 is 6.03 Å². The Morgan fingerprint density at radius 2 is 2.25 bits per heavy atom. The summed E-state index contributed by atoms with van der Waals surface area (Å²) in [7, 11) is 1.57. The Kier molecular flexibility index (Phi) is 4.73. The highest BCUT2D eigenvalue weighted by Gasteiger charge is 2.29. The molecule has 1 heterocycles. The summed E-state index contributed by atoms with van der Waals surface area (Å²) in [5, 5.41) is 3.30. The molecule has 1 aromatic rings. The van der Waals surface area contributed by atoms with E-state index in [1.807, 2.05) is 13.8 Å². The minimum atomic E-state index is -0.178. The molecule has 0 radical (unpaired) electrons. The Bertz CT molecular complexity index is 495. The molecule has 1 fully saturated rings. The second-order valence-corrected chi connectivity index (χ2v) is 5.19. The van der Waals surface area contributed by atoms with Crippen molar-refractivity contribution in [2.45, 2.75) is 26.0 Å². The molecule has 2 atom stereocenters. The molecule has 2 rings (SSSR count). The molecule has 1 aliphatic heterocycles. The number of amides is 2. The first kappa shape index (κ1) is 14.9. The van der Waals surface area contributed by atoms with E-state index in [1.165, 1.54) is 0 Å². The lowest BCUT2D eigenvalue weighted by molar-refractivity contribution is -0.0355. The molecular formula is C14H19ClN2O3. The van der Waals surface area contributed by atoms with Crippen LogP contribution in [0.15, 0.2) is 18.2 Å². The van der Waals surface area contributed by atoms with E-state index in [0.29, 0.717) is 29.6 Å². The number of anilines is 1. The predicted molar refractivity (Wildman–Crippen MR) is 78.6 cm³/mol. The zero-order valence-electron chi connectivity index (χ0n) is 11.9. The molecule has 2 amide bonds. The van der Waals surface area contributed by atoms with Crippen LogP contribution in [-0.2, 0) is 4.74 Å². The summed E-state index contributed by atoms with van der Waals surface area (Å²) in [6.45, 7) is 5.04. The maximum atomic E-state index is 12.3. The normalized spacial score (nSPS) is 22.5. The fraction of sp³-hybridized carbons (Fsp3) is 0.500. The second kappa shape index (κ2) is 6.33. The average molecular weight is 299 g/mol. The van der Waals surface area contributed by atoms with Crippen molar-refractivity contribution in [3.63, 3.8) is 0 Å². The molecule has 5 nitrogen and oxygen atoms in total. The third-order valence-electron chi connectivity index (χ3n) is 3.56. The summed E-state index contributed by atoms with van der Waals surface area (Å²) in [6.07, 6.45) is 0.0234. The third kappa shape index (κ3) is 3.16. The summed E-state index contributed by atoms with van der Waals surface area (Å²) in [5.74, 6) is 0.646. The molecule has 6 heteroatoms. The first-order valence-electron chi connectivity index (χ1n) is 6.55. The molecule has 1 N–H and O–H groups in total. The van der Waals surface area contributed by atoms with Crippen molar-refractivity contribution < 1.29 is 14.3 Å². The quantitative estimate of drug-likeness (QED) is 0.913. The number of nitrogens with one attached hydrogen (secondary N) is 1. The zero-order valence-corrected chi connectivity index (χ0v) is 12.6. The third-order valence-corrected chi connectivity index (χ3v) is 3.89. The molecule has 1 aromatic carbocycles. The topological polar surface area (TPSA) is 50.8 Å². The standard InChI is InChI=1S/C14H19ClN2O3/c1-9-10(2)20-7-6-17(9)14(18)16-13-8-11(19-3)4-5-12(13)15/h4-5,8-10H,6-7H2,1-3H3,(H,16,18)/t9-,10+/m0/s1. The first-order valence-corrected chi connectivity index (χ1v) is 6.93. The molecular weight excluding hydrogens is 280 g/mol. The van der Waals surface area contributed by atoms with Gasteiger partial charge in [0.25, 0.3) is 0 Å². The van der Waals surface area contributed by atoms with Crippen LogP contribution in [0.1, 0.15) is 13.8 Å². The molecule has 0 spiro atoms. The number of ether oxygens (including phenoxy) is 2. The zero-order chi connectivity index (χ0) is 14.7. The van der Waals surface area contributed by atoms with Gasteiger partial charge in [-0.2, -0.15) is 0 Å². The molecule has 20 heavy (non-hydrogen) atoms. The molecule has 1 aliphatic rings. The molecule has 0 unspecified atom stereocenters. The van der Waals surface area contributed by atoms with E-state index >= 15 is 0 Å². The maximum absolute atomic E-state index is 12.3. The highest BCUT2D eigenvalue weighted by Crippen LogP contribution is 2.27. The van der Waals surface area contributed by atoms with Gasteiger partial charge in [-0.15, -0.1) is 0 Å². The highest BCUT2D eigenvalue weighted by molar-refractivity contribution is 6.33. The van der Waals surface area contributed by atoms with E-state index in [2.05, 4.69) is 5.32 Å². The summed E-state index contributed by atoms with van der Waals surface area (Å²) in [4.78, 5) is 14.1. The number of morpholine rings is 1. The van der Waals surface area contributed by atoms with Crippen molar-refractivity contribution in [3.8, 4) is 5.75 Å². The number of nitrogens with zero attached hydrogens (tertiary/aromatic N) is 1. The summed E-state index contributed by atoms with van der Waals surface area (Å²) >= 11 is 6.09. The lowest BCUT2D eigenvalue weighted by Gasteiger charge is -2.37. The van der Waals surface area contributed by atoms with Crippen LogP contribution < -0.4 is 10.1 Å². The van der Waals surface area contributed by atoms with Crippen molar-refractivity contribution >= 4 is 23.3 Å². The minimum absolute atomic E-state index is 0.0214. The van der Waals surface area contributed by atoms with Crippen molar-refractivity contribution in [2.24, 2.45) is 0 Å². The first-order chi connectivity index (χ1) is 9.52. The van der Waals surface area contributed by atoms with Gasteiger partial charge in [-0.25, -0.2) is 4.79 Å². The summed E-state index contributed by atoms with van der Waals surface area (Å²) in [5.41, 5.74) is 0.544. The lowest BCUT2D eigenvalue weighted by Crippen LogP contribution is -2.52. The summed E-state index contributed by atoms with van der Waals surface area (Å²) < 4.78 is 10.6. The van der Waals surface area contributed by atoms with Gasteiger partial charge in [-0.1, -0.05) is 11.6 Å². The number of urea groups is 1. The van der Waals surface area contributed by atoms with E-state index in [0.717, 1.165) is 0 Å². The number of benzene rings is 1. The average Bonchev–Trinajstić information content (AvgIpc) is 2.44. The van der Waals surface area contributed by atoms with Gasteiger partial charge in [0.1, 0.15) is 5.75 Å². The SMILES string of the molecule is COc1ccc(Cl)c(NC(=O)N2CCO[C@H](C)[C@@H]2C)c1. The Balaban J connectivity index is 2.11. The Morgan fingerprint density at radius 1 is 1.50 bits per heavy atom. The van der Waals surface area contributed by atoms with Gasteiger partial charge in [0.2, 0.25) is 0 Å². The van der Waals surface area contributed by atoms with E-state index in [1.54, 1.807) is 30.2 Å². The van der Waals surface area contributed by atoms with Crippen LogP contribution in [0.4, 0.5) is 10.5 Å². The van der Waals surface area contributed by atoms with Crippen LogP contribution >= 0.6 is 11.6 Å². The predicted octanol–water partition coefficient (Wildman–Crippen LogP) is 2.99. The van der Waals surface area contributed by atoms with Gasteiger partial charge in [0, 0.05) is 12.6 Å². The molecule has 0 aliphatic carbocycles. The Morgan fingerprint density at radius 3 is 2.95 bits per heavy atom. The Hall–Kier alpha value is -1.46. The number of halogens is 1. The fourth-order valence-corrected chi connectivity index (χ4v) is 2.30. The van der Waals surface area contributed by atoms with Crippen molar-refractivity contribution in [2.75, 3.05) is 25.6 Å². The maximum Gasteiger partial charge on any atom is 0.322 e. The summed E-state index contributed by atoms with van der Waals surface area (Å²) in [6, 6.07) is 4.99. The molecule has 0 bridgehead atoms. The number of rotatable bonds is 2. The van der Waals surface area contributed by atoms with Crippen molar-refractivity contribution in [1.82, 2.24) is 4.90 Å². The van der Waals surface area contributed by atoms with E-state index in [-0.39, 0.29) is 18.2 Å². The van der Waals surface area contributed by atoms with Crippen LogP contribution in [0.3, 0.4) is 0 Å². The lowest BCUT2D eigenvalue weighted by atomic mass is 10.1. The van der Waals surface area contributed by atoms with Crippen LogP contribution in [0.25, 0.3) is 0 Å². The smallest absolute Gasteiger partial charge is 0.322 e. The number of methoxy groups -OCH3 is 1. The van der Waals surface area contributed by atoms with Crippen LogP contribution in [0.2, 0.25) is 5.02 Å².